The molecule has 0 saturated carbocycles. The third kappa shape index (κ3) is 6.00. The second-order valence-corrected chi connectivity index (χ2v) is 7.94. The molecule has 0 bridgehead atoms. The van der Waals surface area contributed by atoms with E-state index in [4.69, 9.17) is 18.9 Å². The predicted molar refractivity (Wildman–Crippen MR) is 129 cm³/mol. The molecule has 0 saturated heterocycles. The van der Waals surface area contributed by atoms with Crippen molar-refractivity contribution in [3.05, 3.63) is 24.4 Å². The van der Waals surface area contributed by atoms with E-state index in [-0.39, 0.29) is 11.7 Å². The Hall–Kier alpha value is -3.25. The summed E-state index contributed by atoms with van der Waals surface area (Å²) in [4.78, 5) is 12.6. The number of thioether (sulfide) groups is 1. The van der Waals surface area contributed by atoms with Crippen LogP contribution in [0.1, 0.15) is 13.8 Å². The molecule has 11 nitrogen and oxygen atoms in total. The van der Waals surface area contributed by atoms with E-state index in [1.165, 1.54) is 11.8 Å². The zero-order chi connectivity index (χ0) is 24.5. The molecule has 0 atom stereocenters. The van der Waals surface area contributed by atoms with Gasteiger partial charge in [-0.15, -0.1) is 15.3 Å². The Balaban J connectivity index is 1.77. The number of aryl methyl sites for hydroxylation is 1. The molecule has 0 fully saturated rings. The van der Waals surface area contributed by atoms with Crippen LogP contribution in [0.5, 0.6) is 17.4 Å². The second kappa shape index (κ2) is 12.3. The number of hydrogen-bond donors (Lipinski definition) is 1. The van der Waals surface area contributed by atoms with Crippen LogP contribution in [0.15, 0.2) is 29.6 Å². The SMILES string of the molecule is CCOc1nn(CC)cc1-c1nnc(SCC(=O)Nc2ccc(OC)c(OC)c2)n1CCOC. The lowest BCUT2D eigenvalue weighted by molar-refractivity contribution is -0.113. The lowest BCUT2D eigenvalue weighted by Crippen LogP contribution is -2.15. The summed E-state index contributed by atoms with van der Waals surface area (Å²) in [6, 6.07) is 5.20. The fraction of sp³-hybridized carbons (Fsp3) is 0.455. The van der Waals surface area contributed by atoms with Crippen LogP contribution in [0, 0.1) is 0 Å². The van der Waals surface area contributed by atoms with Crippen molar-refractivity contribution in [2.75, 3.05) is 45.6 Å². The Labute approximate surface area is 202 Å². The van der Waals surface area contributed by atoms with Gasteiger partial charge in [0.15, 0.2) is 22.5 Å². The molecule has 3 rings (SSSR count). The van der Waals surface area contributed by atoms with Gasteiger partial charge < -0.3 is 24.3 Å². The van der Waals surface area contributed by atoms with Crippen LogP contribution in [-0.4, -0.2) is 70.7 Å². The van der Waals surface area contributed by atoms with Crippen molar-refractivity contribution >= 4 is 23.4 Å². The van der Waals surface area contributed by atoms with Gasteiger partial charge in [0.1, 0.15) is 5.56 Å². The Morgan fingerprint density at radius 2 is 1.91 bits per heavy atom. The highest BCUT2D eigenvalue weighted by Gasteiger charge is 2.21. The quantitative estimate of drug-likeness (QED) is 0.361. The number of carbonyl (C=O) groups excluding carboxylic acids is 1. The first-order valence-electron chi connectivity index (χ1n) is 10.8. The highest BCUT2D eigenvalue weighted by molar-refractivity contribution is 7.99. The van der Waals surface area contributed by atoms with Crippen LogP contribution >= 0.6 is 11.8 Å². The predicted octanol–water partition coefficient (Wildman–Crippen LogP) is 2.95. The summed E-state index contributed by atoms with van der Waals surface area (Å²) in [5.41, 5.74) is 1.35. The molecule has 34 heavy (non-hydrogen) atoms. The molecule has 184 valence electrons. The number of nitrogens with zero attached hydrogens (tertiary/aromatic N) is 5. The summed E-state index contributed by atoms with van der Waals surface area (Å²) in [6.45, 7) is 6.06. The van der Waals surface area contributed by atoms with Crippen LogP contribution in [0.4, 0.5) is 5.69 Å². The Kier molecular flexibility index (Phi) is 9.16. The maximum atomic E-state index is 12.6. The number of carbonyl (C=O) groups is 1. The van der Waals surface area contributed by atoms with Gasteiger partial charge in [0, 0.05) is 31.6 Å². The van der Waals surface area contributed by atoms with E-state index in [1.807, 2.05) is 24.6 Å². The summed E-state index contributed by atoms with van der Waals surface area (Å²) in [5, 5.41) is 16.6. The normalized spacial score (nSPS) is 10.9. The topological polar surface area (TPSA) is 115 Å². The molecule has 0 aliphatic carbocycles. The first kappa shape index (κ1) is 25.4. The minimum atomic E-state index is -0.186. The summed E-state index contributed by atoms with van der Waals surface area (Å²) in [7, 11) is 4.74. The van der Waals surface area contributed by atoms with Crippen molar-refractivity contribution in [3.8, 4) is 28.8 Å². The van der Waals surface area contributed by atoms with Gasteiger partial charge in [-0.1, -0.05) is 11.8 Å². The van der Waals surface area contributed by atoms with E-state index in [0.29, 0.717) is 60.4 Å². The molecule has 2 aromatic heterocycles. The molecule has 0 aliphatic rings. The summed E-state index contributed by atoms with van der Waals surface area (Å²) in [5.74, 6) is 2.20. The lowest BCUT2D eigenvalue weighted by atomic mass is 10.2. The summed E-state index contributed by atoms with van der Waals surface area (Å²) >= 11 is 1.29. The maximum Gasteiger partial charge on any atom is 0.243 e. The van der Waals surface area contributed by atoms with Crippen molar-refractivity contribution in [3.63, 3.8) is 0 Å². The average molecular weight is 491 g/mol. The molecule has 0 radical (unpaired) electrons. The van der Waals surface area contributed by atoms with Crippen LogP contribution in [0.3, 0.4) is 0 Å². The monoisotopic (exact) mass is 490 g/mol. The highest BCUT2D eigenvalue weighted by Crippen LogP contribution is 2.32. The fourth-order valence-electron chi connectivity index (χ4n) is 3.18. The zero-order valence-electron chi connectivity index (χ0n) is 20.0. The van der Waals surface area contributed by atoms with E-state index in [9.17, 15) is 4.79 Å². The average Bonchev–Trinajstić information content (AvgIpc) is 3.44. The van der Waals surface area contributed by atoms with Crippen molar-refractivity contribution in [2.24, 2.45) is 0 Å². The molecular formula is C22H30N6O5S. The van der Waals surface area contributed by atoms with E-state index in [0.717, 1.165) is 5.56 Å². The molecule has 1 N–H and O–H groups in total. The van der Waals surface area contributed by atoms with Crippen LogP contribution in [0.25, 0.3) is 11.4 Å². The third-order valence-corrected chi connectivity index (χ3v) is 5.78. The Bertz CT molecular complexity index is 1100. The van der Waals surface area contributed by atoms with Gasteiger partial charge >= 0.3 is 0 Å². The Morgan fingerprint density at radius 1 is 1.12 bits per heavy atom. The number of nitrogens with one attached hydrogen (secondary N) is 1. The number of benzene rings is 1. The van der Waals surface area contributed by atoms with Crippen molar-refractivity contribution in [1.29, 1.82) is 0 Å². The second-order valence-electron chi connectivity index (χ2n) is 6.99. The highest BCUT2D eigenvalue weighted by atomic mass is 32.2. The number of rotatable bonds is 13. The van der Waals surface area contributed by atoms with Gasteiger partial charge in [-0.2, -0.15) is 0 Å². The van der Waals surface area contributed by atoms with Gasteiger partial charge in [-0.05, 0) is 26.0 Å². The fourth-order valence-corrected chi connectivity index (χ4v) is 3.95. The van der Waals surface area contributed by atoms with Crippen molar-refractivity contribution < 1.29 is 23.7 Å². The van der Waals surface area contributed by atoms with Gasteiger partial charge in [-0.25, -0.2) is 0 Å². The number of ether oxygens (including phenoxy) is 4. The number of amides is 1. The van der Waals surface area contributed by atoms with Crippen molar-refractivity contribution in [1.82, 2.24) is 24.5 Å². The van der Waals surface area contributed by atoms with E-state index >= 15 is 0 Å². The molecule has 0 aliphatic heterocycles. The van der Waals surface area contributed by atoms with Crippen LogP contribution in [-0.2, 0) is 22.6 Å². The van der Waals surface area contributed by atoms with E-state index in [1.54, 1.807) is 44.2 Å². The number of anilines is 1. The molecule has 3 aromatic rings. The maximum absolute atomic E-state index is 12.6. The van der Waals surface area contributed by atoms with Crippen molar-refractivity contribution in [2.45, 2.75) is 32.1 Å². The first-order chi connectivity index (χ1) is 16.5. The number of hydrogen-bond acceptors (Lipinski definition) is 9. The third-order valence-electron chi connectivity index (χ3n) is 4.81. The van der Waals surface area contributed by atoms with Crippen LogP contribution < -0.4 is 19.5 Å². The lowest BCUT2D eigenvalue weighted by Gasteiger charge is -2.11. The van der Waals surface area contributed by atoms with Gasteiger partial charge in [0.2, 0.25) is 11.8 Å². The molecule has 1 aromatic carbocycles. The number of aromatic nitrogens is 5. The molecule has 2 heterocycles. The number of methoxy groups -OCH3 is 3. The van der Waals surface area contributed by atoms with Crippen LogP contribution in [0.2, 0.25) is 0 Å². The minimum absolute atomic E-state index is 0.145. The molecular weight excluding hydrogens is 460 g/mol. The van der Waals surface area contributed by atoms with E-state index in [2.05, 4.69) is 20.6 Å². The van der Waals surface area contributed by atoms with Gasteiger partial charge in [0.25, 0.3) is 0 Å². The minimum Gasteiger partial charge on any atom is -0.493 e. The zero-order valence-corrected chi connectivity index (χ0v) is 20.8. The largest absolute Gasteiger partial charge is 0.493 e. The molecule has 0 spiro atoms. The van der Waals surface area contributed by atoms with E-state index < -0.39 is 0 Å². The molecule has 1 amide bonds. The standard InChI is InChI=1S/C22H30N6O5S/c1-6-27-13-16(21(26-27)33-7-2)20-24-25-22(28(20)10-11-30-3)34-14-19(29)23-15-8-9-17(31-4)18(12-15)32-5/h8-9,12-13H,6-7,10-11,14H2,1-5H3,(H,23,29). The summed E-state index contributed by atoms with van der Waals surface area (Å²) in [6.07, 6.45) is 1.89. The molecule has 0 unspecified atom stereocenters. The first-order valence-corrected chi connectivity index (χ1v) is 11.8. The smallest absolute Gasteiger partial charge is 0.243 e. The van der Waals surface area contributed by atoms with Gasteiger partial charge in [-0.3, -0.25) is 14.0 Å². The molecule has 12 heteroatoms. The Morgan fingerprint density at radius 3 is 2.59 bits per heavy atom. The van der Waals surface area contributed by atoms with Gasteiger partial charge in [0.05, 0.1) is 39.7 Å². The summed E-state index contributed by atoms with van der Waals surface area (Å²) < 4.78 is 25.2.